The normalized spacial score (nSPS) is 12.1. The minimum atomic E-state index is -4.07. The van der Waals surface area contributed by atoms with Gasteiger partial charge in [-0.05, 0) is 48.0 Å². The van der Waals surface area contributed by atoms with Gasteiger partial charge in [0.1, 0.15) is 5.82 Å². The van der Waals surface area contributed by atoms with E-state index in [1.54, 1.807) is 12.1 Å². The zero-order chi connectivity index (χ0) is 24.0. The van der Waals surface area contributed by atoms with Crippen molar-refractivity contribution in [2.24, 2.45) is 0 Å². The minimum Gasteiger partial charge on any atom is -0.224 e. The smallest absolute Gasteiger partial charge is 0.224 e. The Balaban J connectivity index is 1.91. The van der Waals surface area contributed by atoms with Crippen molar-refractivity contribution >= 4 is 54.2 Å². The summed E-state index contributed by atoms with van der Waals surface area (Å²) in [6.07, 6.45) is 1.09. The fraction of sp³-hybridized carbons (Fsp3) is 0.0455. The lowest BCUT2D eigenvalue weighted by Gasteiger charge is -2.04. The highest BCUT2D eigenvalue weighted by Gasteiger charge is 2.27. The second-order valence-electron chi connectivity index (χ2n) is 7.07. The van der Waals surface area contributed by atoms with Gasteiger partial charge in [-0.15, -0.1) is 11.3 Å². The Bertz CT molecular complexity index is 1540. The fourth-order valence-electron chi connectivity index (χ4n) is 3.05. The third-order valence-corrected chi connectivity index (χ3v) is 9.43. The summed E-state index contributed by atoms with van der Waals surface area (Å²) in [5.41, 5.74) is 1.38. The van der Waals surface area contributed by atoms with E-state index in [4.69, 9.17) is 23.2 Å². The van der Waals surface area contributed by atoms with Crippen molar-refractivity contribution in [3.05, 3.63) is 82.6 Å². The van der Waals surface area contributed by atoms with Crippen LogP contribution in [0.4, 0.5) is 4.39 Å². The molecule has 4 rings (SSSR count). The molecule has 0 saturated heterocycles. The van der Waals surface area contributed by atoms with E-state index in [0.717, 1.165) is 17.6 Å². The molecule has 0 fully saturated rings. The SMILES string of the molecule is CS(=O)(=O)c1ccc(-c2nc(S(=O)(=O)c3cc(Cl)cc(Cl)c3)sc2-c2ccc(F)cc2)cc1. The van der Waals surface area contributed by atoms with Gasteiger partial charge in [0, 0.05) is 21.9 Å². The maximum absolute atomic E-state index is 13.5. The molecule has 170 valence electrons. The molecule has 0 atom stereocenters. The molecule has 33 heavy (non-hydrogen) atoms. The van der Waals surface area contributed by atoms with Crippen LogP contribution in [0.5, 0.6) is 0 Å². The Kier molecular flexibility index (Phi) is 6.36. The molecule has 1 aromatic heterocycles. The topological polar surface area (TPSA) is 81.2 Å². The van der Waals surface area contributed by atoms with Gasteiger partial charge in [-0.25, -0.2) is 26.2 Å². The Labute approximate surface area is 204 Å². The predicted octanol–water partition coefficient (Wildman–Crippen LogP) is 6.16. The van der Waals surface area contributed by atoms with E-state index in [9.17, 15) is 21.2 Å². The van der Waals surface area contributed by atoms with Crippen molar-refractivity contribution in [2.45, 2.75) is 14.1 Å². The lowest BCUT2D eigenvalue weighted by atomic mass is 10.1. The molecule has 4 aromatic rings. The zero-order valence-electron chi connectivity index (χ0n) is 16.8. The van der Waals surface area contributed by atoms with Crippen molar-refractivity contribution in [3.63, 3.8) is 0 Å². The first-order valence-corrected chi connectivity index (χ1v) is 14.2. The molecule has 5 nitrogen and oxygen atoms in total. The van der Waals surface area contributed by atoms with E-state index >= 15 is 0 Å². The molecular weight excluding hydrogens is 528 g/mol. The second-order valence-corrected chi connectivity index (χ2v) is 13.1. The average Bonchev–Trinajstić information content (AvgIpc) is 3.19. The van der Waals surface area contributed by atoms with E-state index in [1.165, 1.54) is 54.6 Å². The van der Waals surface area contributed by atoms with Crippen molar-refractivity contribution in [3.8, 4) is 21.7 Å². The van der Waals surface area contributed by atoms with Gasteiger partial charge in [-0.2, -0.15) is 0 Å². The molecule has 0 unspecified atom stereocenters. The summed E-state index contributed by atoms with van der Waals surface area (Å²) in [6, 6.07) is 15.5. The van der Waals surface area contributed by atoms with Gasteiger partial charge in [-0.1, -0.05) is 47.5 Å². The summed E-state index contributed by atoms with van der Waals surface area (Å²) in [4.78, 5) is 4.86. The number of rotatable bonds is 5. The molecule has 0 aliphatic heterocycles. The van der Waals surface area contributed by atoms with Crippen LogP contribution in [-0.2, 0) is 19.7 Å². The van der Waals surface area contributed by atoms with E-state index < -0.39 is 25.5 Å². The molecule has 0 N–H and O–H groups in total. The number of halogens is 3. The molecule has 1 heterocycles. The van der Waals surface area contributed by atoms with Crippen LogP contribution in [0.25, 0.3) is 21.7 Å². The van der Waals surface area contributed by atoms with Crippen LogP contribution in [0.15, 0.2) is 80.9 Å². The van der Waals surface area contributed by atoms with Gasteiger partial charge >= 0.3 is 0 Å². The highest BCUT2D eigenvalue weighted by molar-refractivity contribution is 7.93. The lowest BCUT2D eigenvalue weighted by molar-refractivity contribution is 0.595. The van der Waals surface area contributed by atoms with Crippen molar-refractivity contribution in [1.29, 1.82) is 0 Å². The summed E-state index contributed by atoms with van der Waals surface area (Å²) in [7, 11) is -7.48. The minimum absolute atomic E-state index is 0.113. The summed E-state index contributed by atoms with van der Waals surface area (Å²) < 4.78 is 63.5. The molecule has 0 radical (unpaired) electrons. The third kappa shape index (κ3) is 4.97. The first-order valence-electron chi connectivity index (χ1n) is 9.23. The summed E-state index contributed by atoms with van der Waals surface area (Å²) in [5.74, 6) is -0.441. The van der Waals surface area contributed by atoms with E-state index in [2.05, 4.69) is 4.98 Å². The highest BCUT2D eigenvalue weighted by atomic mass is 35.5. The monoisotopic (exact) mass is 541 g/mol. The molecule has 0 spiro atoms. The maximum Gasteiger partial charge on any atom is 0.233 e. The summed E-state index contributed by atoms with van der Waals surface area (Å²) >= 11 is 12.9. The van der Waals surface area contributed by atoms with Gasteiger partial charge < -0.3 is 0 Å². The number of nitrogens with zero attached hydrogens (tertiary/aromatic N) is 1. The standard InChI is InChI=1S/C22H14Cl2FNO4S3/c1-32(27,28)18-8-4-13(5-9-18)20-21(14-2-6-17(25)7-3-14)31-22(26-20)33(29,30)19-11-15(23)10-16(24)12-19/h2-12H,1H3. The number of benzene rings is 3. The fourth-order valence-corrected chi connectivity index (χ4v) is 7.12. The summed E-state index contributed by atoms with van der Waals surface area (Å²) in [5, 5.41) is 0.320. The van der Waals surface area contributed by atoms with Crippen LogP contribution < -0.4 is 0 Å². The average molecular weight is 542 g/mol. The van der Waals surface area contributed by atoms with Gasteiger partial charge in [0.25, 0.3) is 0 Å². The van der Waals surface area contributed by atoms with Crippen molar-refractivity contribution in [2.75, 3.05) is 6.26 Å². The van der Waals surface area contributed by atoms with Crippen molar-refractivity contribution < 1.29 is 21.2 Å². The maximum atomic E-state index is 13.5. The Morgan fingerprint density at radius 2 is 1.33 bits per heavy atom. The van der Waals surface area contributed by atoms with Gasteiger partial charge in [0.2, 0.25) is 14.2 Å². The largest absolute Gasteiger partial charge is 0.233 e. The summed E-state index contributed by atoms with van der Waals surface area (Å²) in [6.45, 7) is 0. The highest BCUT2D eigenvalue weighted by Crippen LogP contribution is 2.40. The molecule has 11 heteroatoms. The van der Waals surface area contributed by atoms with Crippen LogP contribution in [0.3, 0.4) is 0 Å². The molecule has 0 bridgehead atoms. The Hall–Kier alpha value is -2.30. The number of thiazole rings is 1. The molecule has 3 aromatic carbocycles. The molecule has 0 aliphatic carbocycles. The van der Waals surface area contributed by atoms with Crippen LogP contribution in [0.1, 0.15) is 0 Å². The number of hydrogen-bond acceptors (Lipinski definition) is 6. The molecule has 0 amide bonds. The first kappa shape index (κ1) is 23.8. The molecular formula is C22H14Cl2FNO4S3. The van der Waals surface area contributed by atoms with Crippen LogP contribution >= 0.6 is 34.5 Å². The second kappa shape index (κ2) is 8.81. The number of hydrogen-bond donors (Lipinski definition) is 0. The van der Waals surface area contributed by atoms with Gasteiger partial charge in [0.15, 0.2) is 9.84 Å². The van der Waals surface area contributed by atoms with Gasteiger partial charge in [0.05, 0.1) is 20.4 Å². The number of sulfone groups is 2. The van der Waals surface area contributed by atoms with E-state index in [0.29, 0.717) is 21.7 Å². The van der Waals surface area contributed by atoms with Crippen LogP contribution in [0, 0.1) is 5.82 Å². The Morgan fingerprint density at radius 3 is 1.88 bits per heavy atom. The zero-order valence-corrected chi connectivity index (χ0v) is 20.8. The Morgan fingerprint density at radius 1 is 0.788 bits per heavy atom. The van der Waals surface area contributed by atoms with E-state index in [1.807, 2.05) is 0 Å². The van der Waals surface area contributed by atoms with Gasteiger partial charge in [-0.3, -0.25) is 0 Å². The quantitative estimate of drug-likeness (QED) is 0.302. The van der Waals surface area contributed by atoms with Crippen molar-refractivity contribution in [1.82, 2.24) is 4.98 Å². The van der Waals surface area contributed by atoms with Crippen LogP contribution in [-0.4, -0.2) is 28.1 Å². The van der Waals surface area contributed by atoms with Crippen LogP contribution in [0.2, 0.25) is 10.0 Å². The predicted molar refractivity (Wildman–Crippen MR) is 128 cm³/mol. The molecule has 0 saturated carbocycles. The number of aromatic nitrogens is 1. The van der Waals surface area contributed by atoms with E-state index in [-0.39, 0.29) is 24.2 Å². The lowest BCUT2D eigenvalue weighted by Crippen LogP contribution is -2.01. The first-order chi connectivity index (χ1) is 15.4. The third-order valence-electron chi connectivity index (χ3n) is 4.65. The molecule has 0 aliphatic rings.